The summed E-state index contributed by atoms with van der Waals surface area (Å²) in [7, 11) is 1.27. The Labute approximate surface area is 107 Å². The number of rotatable bonds is 4. The normalized spacial score (nSPS) is 25.1. The minimum atomic E-state index is -0.663. The maximum absolute atomic E-state index is 11.9. The van der Waals surface area contributed by atoms with Crippen molar-refractivity contribution < 1.29 is 23.8 Å². The van der Waals surface area contributed by atoms with Crippen LogP contribution in [-0.2, 0) is 19.0 Å². The smallest absolute Gasteiger partial charge is 0.407 e. The van der Waals surface area contributed by atoms with E-state index >= 15 is 0 Å². The maximum Gasteiger partial charge on any atom is 0.407 e. The van der Waals surface area contributed by atoms with Crippen LogP contribution in [0.15, 0.2) is 0 Å². The van der Waals surface area contributed by atoms with E-state index < -0.39 is 18.1 Å². The number of nitrogens with one attached hydrogen (secondary N) is 1. The minimum absolute atomic E-state index is 0.0203. The summed E-state index contributed by atoms with van der Waals surface area (Å²) in [4.78, 5) is 23.2. The Hall–Kier alpha value is -1.30. The van der Waals surface area contributed by atoms with Crippen LogP contribution in [0.2, 0.25) is 0 Å². The molecule has 0 aromatic rings. The first-order chi connectivity index (χ1) is 8.58. The minimum Gasteiger partial charge on any atom is -0.464 e. The monoisotopic (exact) mass is 259 g/mol. The first kappa shape index (κ1) is 14.8. The lowest BCUT2D eigenvalue weighted by molar-refractivity contribution is -0.148. The van der Waals surface area contributed by atoms with E-state index in [1.165, 1.54) is 7.11 Å². The van der Waals surface area contributed by atoms with Crippen molar-refractivity contribution in [1.29, 1.82) is 0 Å². The van der Waals surface area contributed by atoms with Crippen LogP contribution in [-0.4, -0.2) is 44.5 Å². The Morgan fingerprint density at radius 1 is 1.50 bits per heavy atom. The van der Waals surface area contributed by atoms with Crippen LogP contribution >= 0.6 is 0 Å². The highest BCUT2D eigenvalue weighted by atomic mass is 16.5. The molecule has 1 aliphatic heterocycles. The average Bonchev–Trinajstić information content (AvgIpc) is 2.35. The highest BCUT2D eigenvalue weighted by molar-refractivity contribution is 5.81. The summed E-state index contributed by atoms with van der Waals surface area (Å²) in [5, 5.41) is 2.55. The van der Waals surface area contributed by atoms with Crippen molar-refractivity contribution in [1.82, 2.24) is 5.32 Å². The van der Waals surface area contributed by atoms with Crippen LogP contribution < -0.4 is 5.32 Å². The predicted molar refractivity (Wildman–Crippen MR) is 64.1 cm³/mol. The topological polar surface area (TPSA) is 73.9 Å². The van der Waals surface area contributed by atoms with Crippen LogP contribution in [0, 0.1) is 5.92 Å². The molecule has 1 heterocycles. The molecule has 0 saturated carbocycles. The number of carbonyl (C=O) groups excluding carboxylic acids is 2. The van der Waals surface area contributed by atoms with Gasteiger partial charge >= 0.3 is 12.1 Å². The van der Waals surface area contributed by atoms with E-state index in [2.05, 4.69) is 10.1 Å². The number of carbonyl (C=O) groups is 2. The van der Waals surface area contributed by atoms with Gasteiger partial charge in [0.15, 0.2) is 0 Å². The van der Waals surface area contributed by atoms with E-state index in [4.69, 9.17) is 9.47 Å². The fourth-order valence-corrected chi connectivity index (χ4v) is 2.12. The molecule has 0 aliphatic carbocycles. The number of amides is 1. The van der Waals surface area contributed by atoms with Crippen molar-refractivity contribution in [2.24, 2.45) is 5.92 Å². The van der Waals surface area contributed by atoms with Gasteiger partial charge in [0.2, 0.25) is 0 Å². The van der Waals surface area contributed by atoms with Gasteiger partial charge < -0.3 is 19.5 Å². The number of esters is 1. The zero-order valence-electron chi connectivity index (χ0n) is 11.1. The first-order valence-electron chi connectivity index (χ1n) is 6.21. The van der Waals surface area contributed by atoms with E-state index in [0.717, 1.165) is 6.42 Å². The van der Waals surface area contributed by atoms with E-state index in [0.29, 0.717) is 13.0 Å². The molecule has 1 aliphatic rings. The molecule has 18 heavy (non-hydrogen) atoms. The molecule has 1 rings (SSSR count). The highest BCUT2D eigenvalue weighted by Crippen LogP contribution is 2.24. The highest BCUT2D eigenvalue weighted by Gasteiger charge is 2.34. The maximum atomic E-state index is 11.9. The fraction of sp³-hybridized carbons (Fsp3) is 0.833. The van der Waals surface area contributed by atoms with Gasteiger partial charge in [-0.15, -0.1) is 0 Å². The molecule has 6 nitrogen and oxygen atoms in total. The molecule has 1 N–H and O–H groups in total. The summed E-state index contributed by atoms with van der Waals surface area (Å²) in [5.74, 6) is -0.395. The van der Waals surface area contributed by atoms with Gasteiger partial charge in [0, 0.05) is 6.61 Å². The molecule has 104 valence electrons. The summed E-state index contributed by atoms with van der Waals surface area (Å²) >= 11 is 0. The van der Waals surface area contributed by atoms with Crippen molar-refractivity contribution in [3.05, 3.63) is 0 Å². The lowest BCUT2D eigenvalue weighted by atomic mass is 9.89. The lowest BCUT2D eigenvalue weighted by Crippen LogP contribution is -2.49. The molecular weight excluding hydrogens is 238 g/mol. The largest absolute Gasteiger partial charge is 0.464 e. The van der Waals surface area contributed by atoms with Gasteiger partial charge in [0.05, 0.1) is 19.8 Å². The molecule has 1 fully saturated rings. The molecule has 0 aromatic carbocycles. The average molecular weight is 259 g/mol. The van der Waals surface area contributed by atoms with E-state index in [1.807, 2.05) is 6.92 Å². The van der Waals surface area contributed by atoms with Gasteiger partial charge in [-0.25, -0.2) is 9.59 Å². The summed E-state index contributed by atoms with van der Waals surface area (Å²) in [6, 6.07) is -0.663. The van der Waals surface area contributed by atoms with Crippen LogP contribution in [0.25, 0.3) is 0 Å². The summed E-state index contributed by atoms with van der Waals surface area (Å²) < 4.78 is 15.0. The molecule has 3 atom stereocenters. The van der Waals surface area contributed by atoms with E-state index in [-0.39, 0.29) is 18.6 Å². The Balaban J connectivity index is 2.68. The van der Waals surface area contributed by atoms with E-state index in [1.54, 1.807) is 6.92 Å². The van der Waals surface area contributed by atoms with Gasteiger partial charge in [-0.3, -0.25) is 0 Å². The molecule has 0 bridgehead atoms. The molecule has 0 aromatic heterocycles. The second kappa shape index (κ2) is 7.20. The zero-order valence-corrected chi connectivity index (χ0v) is 11.1. The van der Waals surface area contributed by atoms with Crippen molar-refractivity contribution in [2.75, 3.05) is 20.3 Å². The standard InChI is InChI=1S/C12H21NO5/c1-4-17-11(14)10(13-12(15)16-3)9-5-6-18-8(2)7-9/h8-10H,4-7H2,1-3H3,(H,13,15)/t8-,9+,10?/m0/s1. The molecule has 6 heteroatoms. The molecule has 0 radical (unpaired) electrons. The second-order valence-corrected chi connectivity index (χ2v) is 4.33. The third kappa shape index (κ3) is 4.18. The third-order valence-corrected chi connectivity index (χ3v) is 3.00. The van der Waals surface area contributed by atoms with Gasteiger partial charge in [-0.05, 0) is 32.6 Å². The molecule has 1 amide bonds. The zero-order chi connectivity index (χ0) is 13.5. The summed E-state index contributed by atoms with van der Waals surface area (Å²) in [5.41, 5.74) is 0. The fourth-order valence-electron chi connectivity index (χ4n) is 2.12. The third-order valence-electron chi connectivity index (χ3n) is 3.00. The second-order valence-electron chi connectivity index (χ2n) is 4.33. The Morgan fingerprint density at radius 2 is 2.22 bits per heavy atom. The van der Waals surface area contributed by atoms with E-state index in [9.17, 15) is 9.59 Å². The number of hydrogen-bond donors (Lipinski definition) is 1. The van der Waals surface area contributed by atoms with Gasteiger partial charge in [-0.2, -0.15) is 0 Å². The van der Waals surface area contributed by atoms with Crippen molar-refractivity contribution in [3.8, 4) is 0 Å². The van der Waals surface area contributed by atoms with Crippen LogP contribution in [0.3, 0.4) is 0 Å². The summed E-state index contributed by atoms with van der Waals surface area (Å²) in [6.07, 6.45) is 0.901. The Kier molecular flexibility index (Phi) is 5.91. The number of methoxy groups -OCH3 is 1. The van der Waals surface area contributed by atoms with Crippen LogP contribution in [0.1, 0.15) is 26.7 Å². The number of hydrogen-bond acceptors (Lipinski definition) is 5. The molecule has 1 saturated heterocycles. The van der Waals surface area contributed by atoms with Crippen molar-refractivity contribution >= 4 is 12.1 Å². The Morgan fingerprint density at radius 3 is 2.78 bits per heavy atom. The molecule has 1 unspecified atom stereocenters. The predicted octanol–water partition coefficient (Wildman–Crippen LogP) is 1.09. The quantitative estimate of drug-likeness (QED) is 0.765. The SMILES string of the molecule is CCOC(=O)C(NC(=O)OC)[C@@H]1CCO[C@@H](C)C1. The van der Waals surface area contributed by atoms with Gasteiger partial charge in [0.1, 0.15) is 6.04 Å². The number of ether oxygens (including phenoxy) is 3. The van der Waals surface area contributed by atoms with Crippen LogP contribution in [0.5, 0.6) is 0 Å². The van der Waals surface area contributed by atoms with Crippen molar-refractivity contribution in [3.63, 3.8) is 0 Å². The first-order valence-corrected chi connectivity index (χ1v) is 6.21. The lowest BCUT2D eigenvalue weighted by Gasteiger charge is -2.32. The summed E-state index contributed by atoms with van der Waals surface area (Å²) in [6.45, 7) is 4.56. The van der Waals surface area contributed by atoms with Crippen molar-refractivity contribution in [2.45, 2.75) is 38.8 Å². The van der Waals surface area contributed by atoms with Gasteiger partial charge in [0.25, 0.3) is 0 Å². The van der Waals surface area contributed by atoms with Gasteiger partial charge in [-0.1, -0.05) is 0 Å². The Bertz CT molecular complexity index is 294. The molecular formula is C12H21NO5. The van der Waals surface area contributed by atoms with Crippen LogP contribution in [0.4, 0.5) is 4.79 Å². The number of alkyl carbamates (subject to hydrolysis) is 1. The molecule has 0 spiro atoms.